The van der Waals surface area contributed by atoms with Gasteiger partial charge in [0.05, 0.1) is 0 Å². The van der Waals surface area contributed by atoms with Crippen LogP contribution in [0.15, 0.2) is 0 Å². The normalized spacial score (nSPS) is 11.1. The summed E-state index contributed by atoms with van der Waals surface area (Å²) in [6, 6.07) is 0. The van der Waals surface area contributed by atoms with Crippen LogP contribution in [-0.4, -0.2) is 22.6 Å². The molecule has 0 saturated heterocycles. The first kappa shape index (κ1) is 26.2. The molecule has 4 heteroatoms. The van der Waals surface area contributed by atoms with E-state index < -0.39 is 5.97 Å². The summed E-state index contributed by atoms with van der Waals surface area (Å²) in [4.78, 5) is 10.4. The molecule has 0 amide bonds. The summed E-state index contributed by atoms with van der Waals surface area (Å²) in [5.41, 5.74) is 0. The van der Waals surface area contributed by atoms with Crippen LogP contribution in [0.5, 0.6) is 0 Å². The van der Waals surface area contributed by atoms with Crippen LogP contribution in [0.3, 0.4) is 0 Å². The molecule has 0 aromatic carbocycles. The molecule has 0 aliphatic rings. The summed E-state index contributed by atoms with van der Waals surface area (Å²) in [5.74, 6) is 1.98. The van der Waals surface area contributed by atoms with E-state index in [1.807, 2.05) is 0 Å². The van der Waals surface area contributed by atoms with Crippen LogP contribution >= 0.6 is 21.6 Å². The van der Waals surface area contributed by atoms with Gasteiger partial charge in [-0.3, -0.25) is 4.79 Å². The zero-order chi connectivity index (χ0) is 19.1. The minimum Gasteiger partial charge on any atom is -0.481 e. The van der Waals surface area contributed by atoms with Gasteiger partial charge in [-0.15, -0.1) is 0 Å². The lowest BCUT2D eigenvalue weighted by Crippen LogP contribution is -1.93. The van der Waals surface area contributed by atoms with Crippen LogP contribution in [0.4, 0.5) is 0 Å². The lowest BCUT2D eigenvalue weighted by molar-refractivity contribution is -0.137. The van der Waals surface area contributed by atoms with Crippen molar-refractivity contribution in [1.82, 2.24) is 0 Å². The molecule has 0 heterocycles. The number of carboxylic acids is 1. The molecule has 156 valence electrons. The van der Waals surface area contributed by atoms with Crippen molar-refractivity contribution in [3.63, 3.8) is 0 Å². The van der Waals surface area contributed by atoms with Gasteiger partial charge in [-0.25, -0.2) is 0 Å². The Morgan fingerprint density at radius 2 is 0.923 bits per heavy atom. The summed E-state index contributed by atoms with van der Waals surface area (Å²) in [5, 5.41) is 8.57. The molecule has 0 aromatic heterocycles. The fourth-order valence-electron chi connectivity index (χ4n) is 3.09. The predicted molar refractivity (Wildman–Crippen MR) is 121 cm³/mol. The largest absolute Gasteiger partial charge is 0.481 e. The van der Waals surface area contributed by atoms with E-state index in [0.29, 0.717) is 6.42 Å². The van der Waals surface area contributed by atoms with E-state index in [0.717, 1.165) is 12.8 Å². The molecule has 0 rings (SSSR count). The molecule has 0 saturated carbocycles. The van der Waals surface area contributed by atoms with Crippen LogP contribution in [-0.2, 0) is 4.79 Å². The number of carboxylic acid groups (broad SMARTS) is 1. The molecule has 0 unspecified atom stereocenters. The average molecular weight is 405 g/mol. The minimum absolute atomic E-state index is 0.341. The third-order valence-electron chi connectivity index (χ3n) is 4.78. The van der Waals surface area contributed by atoms with E-state index in [4.69, 9.17) is 5.11 Å². The fraction of sp³-hybridized carbons (Fsp3) is 0.955. The minimum atomic E-state index is -0.654. The van der Waals surface area contributed by atoms with Crippen molar-refractivity contribution in [3.05, 3.63) is 0 Å². The van der Waals surface area contributed by atoms with E-state index in [-0.39, 0.29) is 0 Å². The van der Waals surface area contributed by atoms with Gasteiger partial charge in [0.25, 0.3) is 0 Å². The molecule has 0 aliphatic carbocycles. The first-order valence-corrected chi connectivity index (χ1v) is 13.7. The Hall–Kier alpha value is 0.170. The average Bonchev–Trinajstić information content (AvgIpc) is 2.62. The van der Waals surface area contributed by atoms with Gasteiger partial charge in [0.2, 0.25) is 0 Å². The molecule has 0 radical (unpaired) electrons. The van der Waals surface area contributed by atoms with Crippen LogP contribution in [0.25, 0.3) is 0 Å². The quantitative estimate of drug-likeness (QED) is 0.145. The molecule has 0 fully saturated rings. The SMILES string of the molecule is CCCCCCCCCCCSSCCCCCCCCCCC(=O)O. The number of rotatable bonds is 22. The second kappa shape index (κ2) is 23.2. The van der Waals surface area contributed by atoms with Crippen molar-refractivity contribution >= 4 is 27.6 Å². The Balaban J connectivity index is 2.98. The van der Waals surface area contributed by atoms with Crippen molar-refractivity contribution in [3.8, 4) is 0 Å². The number of unbranched alkanes of at least 4 members (excludes halogenated alkanes) is 15. The van der Waals surface area contributed by atoms with Gasteiger partial charge in [0.1, 0.15) is 0 Å². The van der Waals surface area contributed by atoms with Crippen LogP contribution in [0.1, 0.15) is 122 Å². The van der Waals surface area contributed by atoms with Gasteiger partial charge < -0.3 is 5.11 Å². The number of hydrogen-bond donors (Lipinski definition) is 1. The smallest absolute Gasteiger partial charge is 0.303 e. The lowest BCUT2D eigenvalue weighted by atomic mass is 10.1. The monoisotopic (exact) mass is 404 g/mol. The molecule has 0 spiro atoms. The van der Waals surface area contributed by atoms with Crippen LogP contribution in [0, 0.1) is 0 Å². The van der Waals surface area contributed by atoms with E-state index in [9.17, 15) is 4.79 Å². The molecule has 0 bridgehead atoms. The van der Waals surface area contributed by atoms with Gasteiger partial charge in [-0.05, 0) is 19.3 Å². The maximum absolute atomic E-state index is 10.4. The molecule has 2 nitrogen and oxygen atoms in total. The summed E-state index contributed by atoms with van der Waals surface area (Å²) >= 11 is 0. The van der Waals surface area contributed by atoms with E-state index >= 15 is 0 Å². The zero-order valence-corrected chi connectivity index (χ0v) is 18.9. The van der Waals surface area contributed by atoms with Gasteiger partial charge in [0.15, 0.2) is 0 Å². The summed E-state index contributed by atoms with van der Waals surface area (Å²) in [6.07, 6.45) is 23.0. The fourth-order valence-corrected chi connectivity index (χ4v) is 5.38. The van der Waals surface area contributed by atoms with Crippen LogP contribution in [0.2, 0.25) is 0 Å². The second-order valence-electron chi connectivity index (χ2n) is 7.44. The Kier molecular flexibility index (Phi) is 23.4. The maximum atomic E-state index is 10.4. The third kappa shape index (κ3) is 24.2. The van der Waals surface area contributed by atoms with E-state index in [2.05, 4.69) is 28.5 Å². The lowest BCUT2D eigenvalue weighted by Gasteiger charge is -2.03. The first-order chi connectivity index (χ1) is 12.8. The molecule has 26 heavy (non-hydrogen) atoms. The van der Waals surface area contributed by atoms with E-state index in [1.165, 1.54) is 108 Å². The molecule has 0 aliphatic heterocycles. The Labute approximate surface area is 171 Å². The summed E-state index contributed by atoms with van der Waals surface area (Å²) in [6.45, 7) is 2.28. The standard InChI is InChI=1S/C22H44O2S2/c1-2-3-4-5-6-8-11-14-17-20-25-26-21-18-15-12-9-7-10-13-16-19-22(23)24/h2-21H2,1H3,(H,23,24). The molecular formula is C22H44O2S2. The van der Waals surface area contributed by atoms with Crippen LogP contribution < -0.4 is 0 Å². The highest BCUT2D eigenvalue weighted by Gasteiger charge is 1.97. The molecule has 0 aromatic rings. The van der Waals surface area contributed by atoms with Gasteiger partial charge in [-0.2, -0.15) is 0 Å². The first-order valence-electron chi connectivity index (χ1n) is 11.2. The Morgan fingerprint density at radius 1 is 0.577 bits per heavy atom. The number of carbonyl (C=O) groups is 1. The van der Waals surface area contributed by atoms with Crippen molar-refractivity contribution in [2.75, 3.05) is 11.5 Å². The predicted octanol–water partition coefficient (Wildman–Crippen LogP) is 8.49. The molecule has 0 atom stereocenters. The highest BCUT2D eigenvalue weighted by atomic mass is 33.1. The van der Waals surface area contributed by atoms with Crippen molar-refractivity contribution in [2.45, 2.75) is 122 Å². The number of hydrogen-bond acceptors (Lipinski definition) is 3. The van der Waals surface area contributed by atoms with Crippen molar-refractivity contribution in [2.24, 2.45) is 0 Å². The second-order valence-corrected chi connectivity index (χ2v) is 10.1. The number of aliphatic carboxylic acids is 1. The Bertz CT molecular complexity index is 285. The topological polar surface area (TPSA) is 37.3 Å². The summed E-state index contributed by atoms with van der Waals surface area (Å²) in [7, 11) is 4.15. The van der Waals surface area contributed by atoms with Crippen molar-refractivity contribution in [1.29, 1.82) is 0 Å². The van der Waals surface area contributed by atoms with Gasteiger partial charge >= 0.3 is 5.97 Å². The highest BCUT2D eigenvalue weighted by Crippen LogP contribution is 2.25. The zero-order valence-electron chi connectivity index (χ0n) is 17.3. The van der Waals surface area contributed by atoms with Gasteiger partial charge in [0, 0.05) is 17.9 Å². The molecular weight excluding hydrogens is 360 g/mol. The highest BCUT2D eigenvalue weighted by molar-refractivity contribution is 8.76. The summed E-state index contributed by atoms with van der Waals surface area (Å²) < 4.78 is 0. The maximum Gasteiger partial charge on any atom is 0.303 e. The van der Waals surface area contributed by atoms with Crippen molar-refractivity contribution < 1.29 is 9.90 Å². The van der Waals surface area contributed by atoms with Gasteiger partial charge in [-0.1, -0.05) is 118 Å². The Morgan fingerprint density at radius 3 is 1.31 bits per heavy atom. The third-order valence-corrected chi connectivity index (χ3v) is 7.36. The molecule has 1 N–H and O–H groups in total. The van der Waals surface area contributed by atoms with E-state index in [1.54, 1.807) is 0 Å².